The fourth-order valence-corrected chi connectivity index (χ4v) is 1.95. The van der Waals surface area contributed by atoms with Crippen molar-refractivity contribution in [3.63, 3.8) is 0 Å². The molecule has 0 spiro atoms. The van der Waals surface area contributed by atoms with E-state index in [0.717, 1.165) is 25.3 Å². The number of nitrogens with zero attached hydrogens (tertiary/aromatic N) is 3. The minimum Gasteiger partial charge on any atom is -0.310 e. The molecule has 0 atom stereocenters. The summed E-state index contributed by atoms with van der Waals surface area (Å²) in [6, 6.07) is 0. The van der Waals surface area contributed by atoms with Gasteiger partial charge in [0.05, 0.1) is 11.9 Å². The lowest BCUT2D eigenvalue weighted by atomic mass is 10.1. The molecule has 1 saturated heterocycles. The van der Waals surface area contributed by atoms with Gasteiger partial charge in [-0.25, -0.2) is 0 Å². The summed E-state index contributed by atoms with van der Waals surface area (Å²) >= 11 is 0. The average molecular weight is 209 g/mol. The van der Waals surface area contributed by atoms with Gasteiger partial charge in [0.15, 0.2) is 0 Å². The summed E-state index contributed by atoms with van der Waals surface area (Å²) in [5, 5.41) is 13.7. The molecule has 1 aromatic rings. The van der Waals surface area contributed by atoms with Crippen LogP contribution in [0.25, 0.3) is 0 Å². The number of nitrogens with one attached hydrogen (secondary N) is 2. The van der Waals surface area contributed by atoms with Crippen LogP contribution in [0.2, 0.25) is 0 Å². The van der Waals surface area contributed by atoms with Crippen LogP contribution in [0.5, 0.6) is 0 Å². The van der Waals surface area contributed by atoms with E-state index in [1.54, 1.807) is 6.20 Å². The molecule has 2 heterocycles. The Morgan fingerprint density at radius 3 is 2.93 bits per heavy atom. The molecule has 2 rings (SSSR count). The molecule has 0 saturated carbocycles. The zero-order valence-corrected chi connectivity index (χ0v) is 9.08. The zero-order valence-electron chi connectivity index (χ0n) is 9.08. The third kappa shape index (κ3) is 3.60. The first-order valence-corrected chi connectivity index (χ1v) is 5.73. The van der Waals surface area contributed by atoms with Crippen LogP contribution in [0.15, 0.2) is 6.20 Å². The number of H-pyrrole nitrogens is 1. The van der Waals surface area contributed by atoms with Crippen molar-refractivity contribution >= 4 is 0 Å². The van der Waals surface area contributed by atoms with Crippen molar-refractivity contribution in [3.8, 4) is 0 Å². The fraction of sp³-hybridized carbons (Fsp3) is 0.800. The lowest BCUT2D eigenvalue weighted by Gasteiger charge is -2.26. The Hall–Kier alpha value is -0.940. The van der Waals surface area contributed by atoms with E-state index in [0.29, 0.717) is 0 Å². The predicted octanol–water partition coefficient (Wildman–Crippen LogP) is 0.380. The quantitative estimate of drug-likeness (QED) is 0.688. The molecular weight excluding hydrogens is 190 g/mol. The van der Waals surface area contributed by atoms with Crippen LogP contribution in [0.1, 0.15) is 25.0 Å². The summed E-state index contributed by atoms with van der Waals surface area (Å²) in [5.74, 6) is 0. The molecule has 5 nitrogen and oxygen atoms in total. The number of likely N-dealkylation sites (tertiary alicyclic amines) is 1. The van der Waals surface area contributed by atoms with Crippen molar-refractivity contribution in [1.29, 1.82) is 0 Å². The lowest BCUT2D eigenvalue weighted by Crippen LogP contribution is -2.35. The Balaban J connectivity index is 1.54. The molecule has 2 N–H and O–H groups in total. The Bertz CT molecular complexity index is 253. The largest absolute Gasteiger partial charge is 0.310 e. The molecule has 0 bridgehead atoms. The molecule has 0 unspecified atom stereocenters. The van der Waals surface area contributed by atoms with Gasteiger partial charge in [0.1, 0.15) is 0 Å². The summed E-state index contributed by atoms with van der Waals surface area (Å²) in [4.78, 5) is 2.53. The predicted molar refractivity (Wildman–Crippen MR) is 58.4 cm³/mol. The molecule has 84 valence electrons. The lowest BCUT2D eigenvalue weighted by molar-refractivity contribution is 0.229. The number of piperidine rings is 1. The van der Waals surface area contributed by atoms with E-state index in [2.05, 4.69) is 25.6 Å². The van der Waals surface area contributed by atoms with Gasteiger partial charge in [0, 0.05) is 19.6 Å². The van der Waals surface area contributed by atoms with Crippen LogP contribution < -0.4 is 5.32 Å². The summed E-state index contributed by atoms with van der Waals surface area (Å²) < 4.78 is 0. The summed E-state index contributed by atoms with van der Waals surface area (Å²) in [7, 11) is 0. The molecule has 0 radical (unpaired) electrons. The SMILES string of the molecule is c1n[nH]nc1CNCCN1CCCCC1. The maximum absolute atomic E-state index is 3.99. The number of hydrogen-bond donors (Lipinski definition) is 2. The monoisotopic (exact) mass is 209 g/mol. The summed E-state index contributed by atoms with van der Waals surface area (Å²) in [5.41, 5.74) is 0.980. The highest BCUT2D eigenvalue weighted by Crippen LogP contribution is 2.07. The van der Waals surface area contributed by atoms with Crippen LogP contribution in [0.3, 0.4) is 0 Å². The standard InChI is InChI=1S/C10H19N5/c1-2-5-15(6-3-1)7-4-11-8-10-9-12-14-13-10/h9,11H,1-8H2,(H,12,13,14). The highest BCUT2D eigenvalue weighted by molar-refractivity contribution is 4.89. The van der Waals surface area contributed by atoms with Gasteiger partial charge in [-0.2, -0.15) is 15.4 Å². The maximum Gasteiger partial charge on any atom is 0.0962 e. The third-order valence-electron chi connectivity index (χ3n) is 2.82. The molecule has 1 aliphatic rings. The first-order chi connectivity index (χ1) is 7.45. The molecule has 0 aromatic carbocycles. The molecule has 15 heavy (non-hydrogen) atoms. The third-order valence-corrected chi connectivity index (χ3v) is 2.82. The van der Waals surface area contributed by atoms with Gasteiger partial charge >= 0.3 is 0 Å². The van der Waals surface area contributed by atoms with Crippen LogP contribution in [-0.2, 0) is 6.54 Å². The van der Waals surface area contributed by atoms with Gasteiger partial charge in [-0.15, -0.1) is 0 Å². The molecular formula is C10H19N5. The number of aromatic nitrogens is 3. The van der Waals surface area contributed by atoms with Gasteiger partial charge in [0.2, 0.25) is 0 Å². The number of hydrogen-bond acceptors (Lipinski definition) is 4. The first-order valence-electron chi connectivity index (χ1n) is 5.73. The highest BCUT2D eigenvalue weighted by atomic mass is 15.3. The molecule has 1 aliphatic heterocycles. The van der Waals surface area contributed by atoms with E-state index >= 15 is 0 Å². The second kappa shape index (κ2) is 5.82. The second-order valence-electron chi connectivity index (χ2n) is 4.04. The highest BCUT2D eigenvalue weighted by Gasteiger charge is 2.08. The first kappa shape index (κ1) is 10.6. The van der Waals surface area contributed by atoms with Gasteiger partial charge in [-0.3, -0.25) is 0 Å². The van der Waals surface area contributed by atoms with Crippen molar-refractivity contribution in [2.24, 2.45) is 0 Å². The van der Waals surface area contributed by atoms with E-state index in [1.165, 1.54) is 32.4 Å². The van der Waals surface area contributed by atoms with Gasteiger partial charge in [0.25, 0.3) is 0 Å². The van der Waals surface area contributed by atoms with Gasteiger partial charge in [-0.05, 0) is 25.9 Å². The topological polar surface area (TPSA) is 56.8 Å². The van der Waals surface area contributed by atoms with E-state index in [-0.39, 0.29) is 0 Å². The zero-order chi connectivity index (χ0) is 10.3. The van der Waals surface area contributed by atoms with Crippen molar-refractivity contribution < 1.29 is 0 Å². The Labute approximate surface area is 90.2 Å². The van der Waals surface area contributed by atoms with Crippen molar-refractivity contribution in [2.45, 2.75) is 25.8 Å². The van der Waals surface area contributed by atoms with Crippen LogP contribution in [-0.4, -0.2) is 46.5 Å². The van der Waals surface area contributed by atoms with Gasteiger partial charge < -0.3 is 10.2 Å². The summed E-state index contributed by atoms with van der Waals surface area (Å²) in [6.07, 6.45) is 5.89. The average Bonchev–Trinajstić information content (AvgIpc) is 2.79. The smallest absolute Gasteiger partial charge is 0.0962 e. The fourth-order valence-electron chi connectivity index (χ4n) is 1.95. The minimum atomic E-state index is 0.810. The van der Waals surface area contributed by atoms with E-state index in [9.17, 15) is 0 Å². The van der Waals surface area contributed by atoms with Crippen molar-refractivity contribution in [2.75, 3.05) is 26.2 Å². The molecule has 1 fully saturated rings. The number of aromatic amines is 1. The maximum atomic E-state index is 3.99. The second-order valence-corrected chi connectivity index (χ2v) is 4.04. The van der Waals surface area contributed by atoms with Gasteiger partial charge in [-0.1, -0.05) is 6.42 Å². The normalized spacial score (nSPS) is 18.1. The van der Waals surface area contributed by atoms with Crippen LogP contribution in [0, 0.1) is 0 Å². The van der Waals surface area contributed by atoms with E-state index in [1.807, 2.05) is 0 Å². The number of rotatable bonds is 5. The van der Waals surface area contributed by atoms with E-state index < -0.39 is 0 Å². The Kier molecular flexibility index (Phi) is 4.11. The van der Waals surface area contributed by atoms with Crippen molar-refractivity contribution in [1.82, 2.24) is 25.6 Å². The summed E-state index contributed by atoms with van der Waals surface area (Å²) in [6.45, 7) is 5.53. The Morgan fingerprint density at radius 1 is 1.33 bits per heavy atom. The Morgan fingerprint density at radius 2 is 2.20 bits per heavy atom. The molecule has 1 aromatic heterocycles. The van der Waals surface area contributed by atoms with E-state index in [4.69, 9.17) is 0 Å². The van der Waals surface area contributed by atoms with Crippen LogP contribution in [0.4, 0.5) is 0 Å². The molecule has 5 heteroatoms. The molecule has 0 aliphatic carbocycles. The van der Waals surface area contributed by atoms with Crippen LogP contribution >= 0.6 is 0 Å². The molecule has 0 amide bonds. The minimum absolute atomic E-state index is 0.810. The van der Waals surface area contributed by atoms with Crippen molar-refractivity contribution in [3.05, 3.63) is 11.9 Å².